The Labute approximate surface area is 198 Å². The molecule has 6 nitrogen and oxygen atoms in total. The Balaban J connectivity index is 1.50. The van der Waals surface area contributed by atoms with Crippen LogP contribution in [0, 0.1) is 6.92 Å². The van der Waals surface area contributed by atoms with Gasteiger partial charge in [-0.1, -0.05) is 53.5 Å². The van der Waals surface area contributed by atoms with Gasteiger partial charge in [-0.15, -0.1) is 11.3 Å². The van der Waals surface area contributed by atoms with Crippen LogP contribution in [0.15, 0.2) is 65.5 Å². The lowest BCUT2D eigenvalue weighted by atomic mass is 10.2. The Morgan fingerprint density at radius 3 is 2.66 bits per heavy atom. The number of carbonyl (C=O) groups excluding carboxylic acids is 1. The van der Waals surface area contributed by atoms with E-state index in [4.69, 9.17) is 23.2 Å². The average molecular weight is 485 g/mol. The van der Waals surface area contributed by atoms with E-state index in [9.17, 15) is 9.59 Å². The summed E-state index contributed by atoms with van der Waals surface area (Å²) in [5.41, 5.74) is 2.56. The van der Waals surface area contributed by atoms with Gasteiger partial charge in [0.25, 0.3) is 11.5 Å². The molecule has 2 aromatic heterocycles. The van der Waals surface area contributed by atoms with Gasteiger partial charge >= 0.3 is 0 Å². The van der Waals surface area contributed by atoms with E-state index in [2.05, 4.69) is 15.4 Å². The van der Waals surface area contributed by atoms with Crippen molar-refractivity contribution in [3.63, 3.8) is 0 Å². The first-order valence-electron chi connectivity index (χ1n) is 9.77. The lowest BCUT2D eigenvalue weighted by molar-refractivity contribution is 0.0952. The molecule has 0 unspecified atom stereocenters. The predicted octanol–water partition coefficient (Wildman–Crippen LogP) is 5.08. The van der Waals surface area contributed by atoms with Crippen molar-refractivity contribution in [2.75, 3.05) is 6.54 Å². The highest BCUT2D eigenvalue weighted by Crippen LogP contribution is 2.33. The zero-order valence-electron chi connectivity index (χ0n) is 17.0. The van der Waals surface area contributed by atoms with Crippen molar-refractivity contribution in [2.24, 2.45) is 0 Å². The summed E-state index contributed by atoms with van der Waals surface area (Å²) in [6.07, 6.45) is 0. The van der Waals surface area contributed by atoms with Crippen LogP contribution in [0.5, 0.6) is 0 Å². The third kappa shape index (κ3) is 4.91. The maximum Gasteiger partial charge on any atom is 0.266 e. The fraction of sp³-hybridized carbons (Fsp3) is 0.130. The van der Waals surface area contributed by atoms with Crippen molar-refractivity contribution >= 4 is 40.4 Å². The lowest BCUT2D eigenvalue weighted by Gasteiger charge is -2.09. The minimum absolute atomic E-state index is 0.203. The molecule has 0 spiro atoms. The molecule has 0 aliphatic rings. The molecular formula is C23H18Cl2N4O2S. The standard InChI is InChI=1S/C23H18Cl2N4O2S/c1-14-21(32-23(27-14)15-5-3-2-4-6-15)19-9-10-20(30)29(28-19)12-11-26-22(31)17-13-16(24)7-8-18(17)25/h2-10,13H,11-12H2,1H3,(H,26,31). The highest BCUT2D eigenvalue weighted by Gasteiger charge is 2.14. The van der Waals surface area contributed by atoms with Crippen LogP contribution in [-0.4, -0.2) is 27.2 Å². The summed E-state index contributed by atoms with van der Waals surface area (Å²) in [6.45, 7) is 2.33. The average Bonchev–Trinajstić information content (AvgIpc) is 3.19. The molecule has 2 heterocycles. The van der Waals surface area contributed by atoms with Gasteiger partial charge in [0, 0.05) is 23.2 Å². The van der Waals surface area contributed by atoms with E-state index in [0.717, 1.165) is 21.1 Å². The molecule has 9 heteroatoms. The van der Waals surface area contributed by atoms with Crippen LogP contribution in [-0.2, 0) is 6.54 Å². The summed E-state index contributed by atoms with van der Waals surface area (Å²) in [5, 5.41) is 8.85. The first-order valence-corrected chi connectivity index (χ1v) is 11.3. The molecule has 0 atom stereocenters. The molecule has 2 aromatic carbocycles. The normalized spacial score (nSPS) is 10.8. The van der Waals surface area contributed by atoms with Crippen LogP contribution in [0.25, 0.3) is 21.1 Å². The maximum atomic E-state index is 12.4. The number of hydrogen-bond donors (Lipinski definition) is 1. The van der Waals surface area contributed by atoms with Crippen molar-refractivity contribution in [1.29, 1.82) is 0 Å². The second kappa shape index (κ2) is 9.65. The Bertz CT molecular complexity index is 1340. The Hall–Kier alpha value is -3.00. The molecule has 162 valence electrons. The number of carbonyl (C=O) groups is 1. The second-order valence-electron chi connectivity index (χ2n) is 6.96. The molecule has 4 rings (SSSR count). The highest BCUT2D eigenvalue weighted by atomic mass is 35.5. The third-order valence-electron chi connectivity index (χ3n) is 4.70. The number of aromatic nitrogens is 3. The van der Waals surface area contributed by atoms with E-state index in [1.54, 1.807) is 18.2 Å². The van der Waals surface area contributed by atoms with Crippen LogP contribution in [0.3, 0.4) is 0 Å². The van der Waals surface area contributed by atoms with E-state index in [0.29, 0.717) is 15.7 Å². The van der Waals surface area contributed by atoms with Gasteiger partial charge in [0.05, 0.1) is 27.7 Å². The van der Waals surface area contributed by atoms with Gasteiger partial charge in [-0.2, -0.15) is 5.10 Å². The second-order valence-corrected chi connectivity index (χ2v) is 8.80. The summed E-state index contributed by atoms with van der Waals surface area (Å²) in [6, 6.07) is 17.7. The van der Waals surface area contributed by atoms with Crippen LogP contribution >= 0.6 is 34.5 Å². The molecule has 4 aromatic rings. The monoisotopic (exact) mass is 484 g/mol. The number of halogens is 2. The highest BCUT2D eigenvalue weighted by molar-refractivity contribution is 7.18. The molecule has 0 saturated heterocycles. The summed E-state index contributed by atoms with van der Waals surface area (Å²) in [4.78, 5) is 30.2. The van der Waals surface area contributed by atoms with Crippen LogP contribution < -0.4 is 10.9 Å². The number of nitrogens with one attached hydrogen (secondary N) is 1. The van der Waals surface area contributed by atoms with E-state index < -0.39 is 0 Å². The number of amides is 1. The van der Waals surface area contributed by atoms with E-state index in [-0.39, 0.29) is 30.1 Å². The quantitative estimate of drug-likeness (QED) is 0.413. The molecule has 1 N–H and O–H groups in total. The fourth-order valence-corrected chi connectivity index (χ4v) is 4.52. The third-order valence-corrected chi connectivity index (χ3v) is 6.49. The number of aryl methyl sites for hydroxylation is 1. The lowest BCUT2D eigenvalue weighted by Crippen LogP contribution is -2.32. The van der Waals surface area contributed by atoms with Crippen LogP contribution in [0.1, 0.15) is 16.1 Å². The summed E-state index contributed by atoms with van der Waals surface area (Å²) in [7, 11) is 0. The topological polar surface area (TPSA) is 76.9 Å². The predicted molar refractivity (Wildman–Crippen MR) is 129 cm³/mol. The first-order chi connectivity index (χ1) is 15.4. The summed E-state index contributed by atoms with van der Waals surface area (Å²) >= 11 is 13.5. The maximum absolute atomic E-state index is 12.4. The van der Waals surface area contributed by atoms with E-state index in [1.165, 1.54) is 28.2 Å². The van der Waals surface area contributed by atoms with Crippen LogP contribution in [0.4, 0.5) is 0 Å². The summed E-state index contributed by atoms with van der Waals surface area (Å²) < 4.78 is 1.33. The van der Waals surface area contributed by atoms with Crippen molar-refractivity contribution in [3.05, 3.63) is 92.3 Å². The molecular weight excluding hydrogens is 467 g/mol. The van der Waals surface area contributed by atoms with Crippen molar-refractivity contribution in [3.8, 4) is 21.1 Å². The van der Waals surface area contributed by atoms with Crippen molar-refractivity contribution < 1.29 is 4.79 Å². The number of benzene rings is 2. The Kier molecular flexibility index (Phi) is 6.69. The molecule has 0 radical (unpaired) electrons. The van der Waals surface area contributed by atoms with Gasteiger partial charge in [-0.05, 0) is 31.2 Å². The van der Waals surface area contributed by atoms with Gasteiger partial charge in [-0.3, -0.25) is 9.59 Å². The number of rotatable bonds is 6. The van der Waals surface area contributed by atoms with Gasteiger partial charge in [0.1, 0.15) is 10.7 Å². The number of hydrogen-bond acceptors (Lipinski definition) is 5. The van der Waals surface area contributed by atoms with Crippen molar-refractivity contribution in [1.82, 2.24) is 20.1 Å². The molecule has 32 heavy (non-hydrogen) atoms. The van der Waals surface area contributed by atoms with E-state index >= 15 is 0 Å². The van der Waals surface area contributed by atoms with Gasteiger partial charge in [0.2, 0.25) is 0 Å². The molecule has 0 aliphatic heterocycles. The minimum Gasteiger partial charge on any atom is -0.350 e. The molecule has 0 fully saturated rings. The van der Waals surface area contributed by atoms with Crippen LogP contribution in [0.2, 0.25) is 10.0 Å². The fourth-order valence-electron chi connectivity index (χ4n) is 3.11. The largest absolute Gasteiger partial charge is 0.350 e. The minimum atomic E-state index is -0.368. The number of nitrogens with zero attached hydrogens (tertiary/aromatic N) is 3. The van der Waals surface area contributed by atoms with Gasteiger partial charge in [0.15, 0.2) is 0 Å². The molecule has 0 bridgehead atoms. The zero-order chi connectivity index (χ0) is 22.7. The first kappa shape index (κ1) is 22.2. The van der Waals surface area contributed by atoms with Gasteiger partial charge in [-0.25, -0.2) is 9.67 Å². The van der Waals surface area contributed by atoms with E-state index in [1.807, 2.05) is 37.3 Å². The molecule has 0 aliphatic carbocycles. The SMILES string of the molecule is Cc1nc(-c2ccccc2)sc1-c1ccc(=O)n(CCNC(=O)c2cc(Cl)ccc2Cl)n1. The van der Waals surface area contributed by atoms with Crippen molar-refractivity contribution in [2.45, 2.75) is 13.5 Å². The Morgan fingerprint density at radius 1 is 1.09 bits per heavy atom. The summed E-state index contributed by atoms with van der Waals surface area (Å²) in [5.74, 6) is -0.368. The van der Waals surface area contributed by atoms with Gasteiger partial charge < -0.3 is 5.32 Å². The number of thiazole rings is 1. The smallest absolute Gasteiger partial charge is 0.266 e. The molecule has 1 amide bonds. The Morgan fingerprint density at radius 2 is 1.88 bits per heavy atom. The molecule has 0 saturated carbocycles. The zero-order valence-corrected chi connectivity index (χ0v) is 19.3.